The Hall–Kier alpha value is -2.52. The second-order valence-electron chi connectivity index (χ2n) is 6.38. The Bertz CT molecular complexity index is 956. The van der Waals surface area contributed by atoms with Crippen LogP contribution in [0.15, 0.2) is 18.2 Å². The zero-order chi connectivity index (χ0) is 18.0. The molecule has 2 aliphatic rings. The van der Waals surface area contributed by atoms with Gasteiger partial charge in [0.15, 0.2) is 6.29 Å². The molecule has 2 aromatic rings. The molecule has 1 saturated heterocycles. The lowest BCUT2D eigenvalue weighted by Crippen LogP contribution is -2.63. The molecule has 9 heteroatoms. The zero-order valence-corrected chi connectivity index (χ0v) is 14.2. The zero-order valence-electron chi connectivity index (χ0n) is 13.4. The van der Waals surface area contributed by atoms with Crippen molar-refractivity contribution in [1.29, 1.82) is 0 Å². The Kier molecular flexibility index (Phi) is 3.35. The van der Waals surface area contributed by atoms with Crippen LogP contribution in [0.1, 0.15) is 29.2 Å². The molecule has 0 spiro atoms. The predicted octanol–water partition coefficient (Wildman–Crippen LogP) is 0.861. The van der Waals surface area contributed by atoms with E-state index in [0.29, 0.717) is 27.3 Å². The van der Waals surface area contributed by atoms with Gasteiger partial charge in [0.05, 0.1) is 22.9 Å². The molecule has 1 amide bonds. The van der Waals surface area contributed by atoms with Gasteiger partial charge < -0.3 is 15.1 Å². The number of carbonyl (C=O) groups is 3. The van der Waals surface area contributed by atoms with E-state index in [2.05, 4.69) is 4.98 Å². The third-order valence-electron chi connectivity index (χ3n) is 4.99. The van der Waals surface area contributed by atoms with Crippen molar-refractivity contribution in [2.75, 3.05) is 0 Å². The molecule has 0 radical (unpaired) electrons. The number of fused-ring (bicyclic) bond motifs is 2. The number of aliphatic hydroxyl groups excluding tert-OH is 1. The molecular weight excluding hydrogens is 346 g/mol. The largest absolute Gasteiger partial charge is 0.477 e. The highest BCUT2D eigenvalue weighted by Crippen LogP contribution is 2.51. The molecule has 4 rings (SSSR count). The summed E-state index contributed by atoms with van der Waals surface area (Å²) in [6.45, 7) is 3.40. The maximum Gasteiger partial charge on any atom is 0.352 e. The van der Waals surface area contributed by atoms with E-state index in [1.54, 1.807) is 17.5 Å². The van der Waals surface area contributed by atoms with Gasteiger partial charge in [-0.05, 0) is 6.92 Å². The summed E-state index contributed by atoms with van der Waals surface area (Å²) < 4.78 is 1.67. The lowest BCUT2D eigenvalue weighted by Gasteiger charge is -2.46. The summed E-state index contributed by atoms with van der Waals surface area (Å²) in [4.78, 5) is 41.8. The molecule has 4 heterocycles. The van der Waals surface area contributed by atoms with Gasteiger partial charge >= 0.3 is 5.97 Å². The van der Waals surface area contributed by atoms with Crippen LogP contribution in [0.3, 0.4) is 0 Å². The number of amides is 1. The van der Waals surface area contributed by atoms with E-state index in [0.717, 1.165) is 0 Å². The Morgan fingerprint density at radius 1 is 1.48 bits per heavy atom. The normalized spacial score (nSPS) is 26.8. The standard InChI is InChI=1S/C16H15N3O5S/c1-6-10(9-3-18-5-17-8(4-20)15(18)25-9)13(16(23)24)19-12(6)11(7(2)21)14(19)22/h3-7,11-12,21H,1-2H3,(H,23,24)/t6-,7+,11+,12-/m0/s1. The van der Waals surface area contributed by atoms with Crippen molar-refractivity contribution >= 4 is 39.9 Å². The average Bonchev–Trinajstić information content (AvgIpc) is 3.16. The maximum atomic E-state index is 12.4. The summed E-state index contributed by atoms with van der Waals surface area (Å²) >= 11 is 1.27. The van der Waals surface area contributed by atoms with Crippen molar-refractivity contribution in [3.63, 3.8) is 0 Å². The Balaban J connectivity index is 1.86. The highest BCUT2D eigenvalue weighted by molar-refractivity contribution is 7.18. The number of rotatable bonds is 4. The number of hydrogen-bond acceptors (Lipinski definition) is 6. The van der Waals surface area contributed by atoms with Crippen LogP contribution in [0.5, 0.6) is 0 Å². The number of imidazole rings is 1. The topological polar surface area (TPSA) is 112 Å². The number of aliphatic hydroxyl groups is 1. The number of aldehydes is 1. The molecule has 1 fully saturated rings. The number of aliphatic carboxylic acids is 1. The molecule has 2 N–H and O–H groups in total. The lowest BCUT2D eigenvalue weighted by molar-refractivity contribution is -0.163. The molecule has 2 aromatic heterocycles. The first-order valence-corrected chi connectivity index (χ1v) is 8.59. The van der Waals surface area contributed by atoms with Crippen LogP contribution < -0.4 is 0 Å². The smallest absolute Gasteiger partial charge is 0.352 e. The first-order valence-electron chi connectivity index (χ1n) is 7.77. The maximum absolute atomic E-state index is 12.4. The van der Waals surface area contributed by atoms with Crippen molar-refractivity contribution in [3.05, 3.63) is 28.8 Å². The third-order valence-corrected chi connectivity index (χ3v) is 6.15. The van der Waals surface area contributed by atoms with Gasteiger partial charge in [-0.2, -0.15) is 0 Å². The molecule has 0 saturated carbocycles. The second kappa shape index (κ2) is 5.24. The van der Waals surface area contributed by atoms with E-state index in [-0.39, 0.29) is 23.6 Å². The van der Waals surface area contributed by atoms with E-state index in [9.17, 15) is 24.6 Å². The van der Waals surface area contributed by atoms with E-state index < -0.39 is 18.0 Å². The summed E-state index contributed by atoms with van der Waals surface area (Å²) in [7, 11) is 0. The molecule has 0 unspecified atom stereocenters. The van der Waals surface area contributed by atoms with Crippen LogP contribution in [0.4, 0.5) is 0 Å². The van der Waals surface area contributed by atoms with Crippen molar-refractivity contribution in [2.24, 2.45) is 11.8 Å². The van der Waals surface area contributed by atoms with Crippen LogP contribution in [-0.4, -0.2) is 54.8 Å². The summed E-state index contributed by atoms with van der Waals surface area (Å²) in [6.07, 6.45) is 3.04. The monoisotopic (exact) mass is 361 g/mol. The van der Waals surface area contributed by atoms with Crippen LogP contribution in [0.2, 0.25) is 0 Å². The average molecular weight is 361 g/mol. The van der Waals surface area contributed by atoms with Crippen molar-refractivity contribution in [1.82, 2.24) is 14.3 Å². The fourth-order valence-electron chi connectivity index (χ4n) is 3.92. The van der Waals surface area contributed by atoms with Gasteiger partial charge in [-0.1, -0.05) is 6.92 Å². The Labute approximate surface area is 146 Å². The minimum atomic E-state index is -1.17. The molecule has 130 valence electrons. The fourth-order valence-corrected chi connectivity index (χ4v) is 5.09. The highest BCUT2D eigenvalue weighted by atomic mass is 32.1. The fraction of sp³-hybridized carbons (Fsp3) is 0.375. The number of carboxylic acids is 1. The molecular formula is C16H15N3O5S. The molecule has 0 aromatic carbocycles. The van der Waals surface area contributed by atoms with E-state index in [1.807, 2.05) is 6.92 Å². The van der Waals surface area contributed by atoms with E-state index in [4.69, 9.17) is 0 Å². The first-order chi connectivity index (χ1) is 11.9. The summed E-state index contributed by atoms with van der Waals surface area (Å²) in [5.74, 6) is -2.37. The number of nitrogens with zero attached hydrogens (tertiary/aromatic N) is 3. The number of carbonyl (C=O) groups excluding carboxylic acids is 2. The van der Waals surface area contributed by atoms with Crippen LogP contribution >= 0.6 is 11.3 Å². The number of carboxylic acid groups (broad SMARTS) is 1. The summed E-state index contributed by atoms with van der Waals surface area (Å²) in [6, 6.07) is -0.362. The SMILES string of the molecule is C[C@@H](O)[C@H]1C(=O)N2C(C(=O)O)=C(c3cn4cnc(C=O)c4s3)[C@H](C)[C@@H]12. The number of β-lactam (4-membered cyclic amide) rings is 1. The Morgan fingerprint density at radius 2 is 2.20 bits per heavy atom. The third kappa shape index (κ3) is 1.96. The lowest BCUT2D eigenvalue weighted by atomic mass is 9.77. The van der Waals surface area contributed by atoms with Crippen LogP contribution in [-0.2, 0) is 9.59 Å². The minimum absolute atomic E-state index is 0.0375. The molecule has 0 aliphatic carbocycles. The number of thiazole rings is 1. The summed E-state index contributed by atoms with van der Waals surface area (Å²) in [5.41, 5.74) is 0.810. The summed E-state index contributed by atoms with van der Waals surface area (Å²) in [5, 5.41) is 19.5. The molecule has 2 aliphatic heterocycles. The van der Waals surface area contributed by atoms with Crippen LogP contribution in [0, 0.1) is 11.8 Å². The molecule has 4 atom stereocenters. The number of hydrogen-bond donors (Lipinski definition) is 2. The highest BCUT2D eigenvalue weighted by Gasteiger charge is 2.60. The minimum Gasteiger partial charge on any atom is -0.477 e. The van der Waals surface area contributed by atoms with Gasteiger partial charge in [0.25, 0.3) is 0 Å². The van der Waals surface area contributed by atoms with Gasteiger partial charge in [-0.15, -0.1) is 11.3 Å². The number of aromatic nitrogens is 2. The van der Waals surface area contributed by atoms with Gasteiger partial charge in [0, 0.05) is 17.7 Å². The first kappa shape index (κ1) is 16.0. The van der Waals surface area contributed by atoms with Gasteiger partial charge in [0.2, 0.25) is 5.91 Å². The van der Waals surface area contributed by atoms with Crippen LogP contribution in [0.25, 0.3) is 10.4 Å². The van der Waals surface area contributed by atoms with Crippen molar-refractivity contribution in [2.45, 2.75) is 26.0 Å². The van der Waals surface area contributed by atoms with Gasteiger partial charge in [0.1, 0.15) is 22.5 Å². The van der Waals surface area contributed by atoms with Gasteiger partial charge in [-0.25, -0.2) is 9.78 Å². The molecule has 8 nitrogen and oxygen atoms in total. The van der Waals surface area contributed by atoms with Gasteiger partial charge in [-0.3, -0.25) is 14.0 Å². The Morgan fingerprint density at radius 3 is 2.80 bits per heavy atom. The molecule has 25 heavy (non-hydrogen) atoms. The second-order valence-corrected chi connectivity index (χ2v) is 7.41. The quantitative estimate of drug-likeness (QED) is 0.617. The van der Waals surface area contributed by atoms with Crippen molar-refractivity contribution < 1.29 is 24.6 Å². The predicted molar refractivity (Wildman–Crippen MR) is 88.0 cm³/mol. The van der Waals surface area contributed by atoms with E-state index >= 15 is 0 Å². The molecule has 0 bridgehead atoms. The van der Waals surface area contributed by atoms with Crippen molar-refractivity contribution in [3.8, 4) is 0 Å². The van der Waals surface area contributed by atoms with E-state index in [1.165, 1.54) is 22.6 Å².